The average Bonchev–Trinajstić information content (AvgIpc) is 2.60. The number of hydrogen-bond acceptors (Lipinski definition) is 3. The van der Waals surface area contributed by atoms with Crippen molar-refractivity contribution in [3.63, 3.8) is 0 Å². The van der Waals surface area contributed by atoms with Gasteiger partial charge in [-0.15, -0.1) is 0 Å². The van der Waals surface area contributed by atoms with Crippen molar-refractivity contribution in [1.29, 1.82) is 0 Å². The van der Waals surface area contributed by atoms with Gasteiger partial charge in [0.15, 0.2) is 5.60 Å². The van der Waals surface area contributed by atoms with Gasteiger partial charge in [-0.05, 0) is 6.92 Å². The van der Waals surface area contributed by atoms with E-state index in [0.29, 0.717) is 0 Å². The number of ether oxygens (including phenoxy) is 1. The molecule has 0 aliphatic carbocycles. The van der Waals surface area contributed by atoms with Crippen LogP contribution in [0.2, 0.25) is 0 Å². The molecule has 4 nitrogen and oxygen atoms in total. The number of rotatable bonds is 2. The summed E-state index contributed by atoms with van der Waals surface area (Å²) >= 11 is 0. The molecular weight excluding hydrogens is 225 g/mol. The molecule has 1 amide bonds. The van der Waals surface area contributed by atoms with Gasteiger partial charge >= 0.3 is 6.18 Å². The van der Waals surface area contributed by atoms with E-state index in [1.165, 1.54) is 6.92 Å². The third-order valence-electron chi connectivity index (χ3n) is 2.84. The predicted octanol–water partition coefficient (Wildman–Crippen LogP) is 0.513. The molecule has 16 heavy (non-hydrogen) atoms. The number of alkyl halides is 3. The molecule has 0 spiro atoms. The van der Waals surface area contributed by atoms with E-state index in [4.69, 9.17) is 5.73 Å². The summed E-state index contributed by atoms with van der Waals surface area (Å²) in [7, 11) is 1.01. The topological polar surface area (TPSA) is 55.6 Å². The van der Waals surface area contributed by atoms with E-state index in [0.717, 1.165) is 12.0 Å². The molecule has 0 aromatic rings. The van der Waals surface area contributed by atoms with Gasteiger partial charge in [0.25, 0.3) is 0 Å². The molecule has 1 aliphatic rings. The van der Waals surface area contributed by atoms with Gasteiger partial charge in [-0.25, -0.2) is 0 Å². The fraction of sp³-hybridized carbons (Fsp3) is 0.889. The zero-order chi connectivity index (χ0) is 12.6. The van der Waals surface area contributed by atoms with Gasteiger partial charge in [-0.2, -0.15) is 13.2 Å². The lowest BCUT2D eigenvalue weighted by molar-refractivity contribution is -0.263. The van der Waals surface area contributed by atoms with Gasteiger partial charge in [0.05, 0.1) is 12.6 Å². The van der Waals surface area contributed by atoms with Gasteiger partial charge in [0.2, 0.25) is 5.91 Å². The molecule has 0 aromatic carbocycles. The molecule has 1 fully saturated rings. The van der Waals surface area contributed by atoms with E-state index in [2.05, 4.69) is 4.74 Å². The molecule has 0 bridgehead atoms. The summed E-state index contributed by atoms with van der Waals surface area (Å²) in [5.41, 5.74) is 3.10. The minimum atomic E-state index is -4.48. The number of nitrogens with zero attached hydrogens (tertiary/aromatic N) is 1. The third kappa shape index (κ3) is 2.15. The molecule has 7 heteroatoms. The number of likely N-dealkylation sites (tertiary alicyclic amines) is 1. The summed E-state index contributed by atoms with van der Waals surface area (Å²) in [5, 5.41) is 0. The molecule has 1 rings (SSSR count). The standard InChI is InChI=1S/C9H15F3N2O2/c1-6(13)7(15)14-4-3-8(5-14,16-2)9(10,11)12/h6H,3-5,13H2,1-2H3/t6-,8+/m1/s1. The smallest absolute Gasteiger partial charge is 0.367 e. The second kappa shape index (κ2) is 4.21. The number of hydrogen-bond donors (Lipinski definition) is 1. The van der Waals surface area contributed by atoms with Crippen molar-refractivity contribution in [2.45, 2.75) is 31.2 Å². The minimum absolute atomic E-state index is 0.0216. The van der Waals surface area contributed by atoms with Crippen LogP contribution in [0.4, 0.5) is 13.2 Å². The maximum atomic E-state index is 12.8. The fourth-order valence-corrected chi connectivity index (χ4v) is 1.77. The van der Waals surface area contributed by atoms with Crippen molar-refractivity contribution < 1.29 is 22.7 Å². The zero-order valence-corrected chi connectivity index (χ0v) is 9.17. The molecule has 1 aliphatic heterocycles. The molecule has 0 radical (unpaired) electrons. The van der Waals surface area contributed by atoms with Gasteiger partial charge < -0.3 is 15.4 Å². The van der Waals surface area contributed by atoms with Crippen LogP contribution in [-0.4, -0.2) is 48.8 Å². The maximum Gasteiger partial charge on any atom is 0.419 e. The number of carbonyl (C=O) groups is 1. The highest BCUT2D eigenvalue weighted by Gasteiger charge is 2.59. The average molecular weight is 240 g/mol. The van der Waals surface area contributed by atoms with Crippen LogP contribution in [0.1, 0.15) is 13.3 Å². The molecular formula is C9H15F3N2O2. The first-order chi connectivity index (χ1) is 7.23. The van der Waals surface area contributed by atoms with Crippen molar-refractivity contribution in [3.05, 3.63) is 0 Å². The van der Waals surface area contributed by atoms with Crippen LogP contribution in [0.3, 0.4) is 0 Å². The predicted molar refractivity (Wildman–Crippen MR) is 50.6 cm³/mol. The summed E-state index contributed by atoms with van der Waals surface area (Å²) < 4.78 is 42.8. The molecule has 0 saturated carbocycles. The first-order valence-corrected chi connectivity index (χ1v) is 4.90. The van der Waals surface area contributed by atoms with Gasteiger partial charge in [0, 0.05) is 20.1 Å². The van der Waals surface area contributed by atoms with E-state index < -0.39 is 30.3 Å². The first-order valence-electron chi connectivity index (χ1n) is 4.90. The molecule has 2 atom stereocenters. The number of methoxy groups -OCH3 is 1. The van der Waals surface area contributed by atoms with Crippen molar-refractivity contribution in [2.24, 2.45) is 5.73 Å². The Balaban J connectivity index is 2.80. The van der Waals surface area contributed by atoms with E-state index >= 15 is 0 Å². The van der Waals surface area contributed by atoms with Crippen molar-refractivity contribution in [3.8, 4) is 0 Å². The molecule has 1 saturated heterocycles. The van der Waals surface area contributed by atoms with Crippen LogP contribution in [0.15, 0.2) is 0 Å². The monoisotopic (exact) mass is 240 g/mol. The highest BCUT2D eigenvalue weighted by Crippen LogP contribution is 2.40. The third-order valence-corrected chi connectivity index (χ3v) is 2.84. The van der Waals surface area contributed by atoms with E-state index in [-0.39, 0.29) is 13.0 Å². The van der Waals surface area contributed by atoms with Crippen LogP contribution in [0, 0.1) is 0 Å². The van der Waals surface area contributed by atoms with E-state index in [1.807, 2.05) is 0 Å². The van der Waals surface area contributed by atoms with Crippen LogP contribution in [0.5, 0.6) is 0 Å². The molecule has 0 unspecified atom stereocenters. The Bertz CT molecular complexity index is 280. The number of nitrogens with two attached hydrogens (primary N) is 1. The Labute approximate surface area is 91.5 Å². The fourth-order valence-electron chi connectivity index (χ4n) is 1.77. The quantitative estimate of drug-likeness (QED) is 0.765. The number of amides is 1. The van der Waals surface area contributed by atoms with Crippen molar-refractivity contribution in [2.75, 3.05) is 20.2 Å². The summed E-state index contributed by atoms with van der Waals surface area (Å²) in [5.74, 6) is -0.483. The molecule has 94 valence electrons. The van der Waals surface area contributed by atoms with Gasteiger partial charge in [-0.3, -0.25) is 4.79 Å². The highest BCUT2D eigenvalue weighted by atomic mass is 19.4. The van der Waals surface area contributed by atoms with E-state index in [9.17, 15) is 18.0 Å². The second-order valence-corrected chi connectivity index (χ2v) is 3.99. The Kier molecular flexibility index (Phi) is 3.49. The molecule has 0 aromatic heterocycles. The summed E-state index contributed by atoms with van der Waals surface area (Å²) in [4.78, 5) is 12.6. The lowest BCUT2D eigenvalue weighted by Crippen LogP contribution is -2.51. The first kappa shape index (κ1) is 13.2. The maximum absolute atomic E-state index is 12.8. The normalized spacial score (nSPS) is 28.2. The Morgan fingerprint density at radius 1 is 1.56 bits per heavy atom. The lowest BCUT2D eigenvalue weighted by atomic mass is 10.0. The molecule has 1 heterocycles. The summed E-state index contributed by atoms with van der Waals surface area (Å²) in [6.45, 7) is 0.990. The van der Waals surface area contributed by atoms with Crippen LogP contribution < -0.4 is 5.73 Å². The SMILES string of the molecule is CO[C@@]1(C(F)(F)F)CCN(C(=O)[C@@H](C)N)C1. The van der Waals surface area contributed by atoms with E-state index in [1.54, 1.807) is 0 Å². The Hall–Kier alpha value is -0.820. The Morgan fingerprint density at radius 3 is 2.44 bits per heavy atom. The van der Waals surface area contributed by atoms with Crippen LogP contribution >= 0.6 is 0 Å². The largest absolute Gasteiger partial charge is 0.419 e. The van der Waals surface area contributed by atoms with Crippen molar-refractivity contribution >= 4 is 5.91 Å². The Morgan fingerprint density at radius 2 is 2.12 bits per heavy atom. The summed E-state index contributed by atoms with van der Waals surface area (Å²) in [6.07, 6.45) is -4.72. The van der Waals surface area contributed by atoms with Gasteiger partial charge in [-0.1, -0.05) is 0 Å². The second-order valence-electron chi connectivity index (χ2n) is 3.99. The lowest BCUT2D eigenvalue weighted by Gasteiger charge is -2.30. The summed E-state index contributed by atoms with van der Waals surface area (Å²) in [6, 6.07) is -0.791. The highest BCUT2D eigenvalue weighted by molar-refractivity contribution is 5.81. The van der Waals surface area contributed by atoms with Crippen LogP contribution in [-0.2, 0) is 9.53 Å². The minimum Gasteiger partial charge on any atom is -0.367 e. The zero-order valence-electron chi connectivity index (χ0n) is 9.17. The number of halogens is 3. The van der Waals surface area contributed by atoms with Crippen molar-refractivity contribution in [1.82, 2.24) is 4.90 Å². The molecule has 2 N–H and O–H groups in total. The van der Waals surface area contributed by atoms with Crippen LogP contribution in [0.25, 0.3) is 0 Å². The number of carbonyl (C=O) groups excluding carboxylic acids is 1. The van der Waals surface area contributed by atoms with Gasteiger partial charge in [0.1, 0.15) is 0 Å².